The largest absolute Gasteiger partial charge is 0.493 e. The van der Waals surface area contributed by atoms with Crippen molar-refractivity contribution >= 4 is 39.6 Å². The number of carbonyl (C=O) groups is 1. The smallest absolute Gasteiger partial charge is 0.338 e. The molecule has 1 unspecified atom stereocenters. The molecule has 1 aliphatic rings. The third kappa shape index (κ3) is 4.74. The number of anilines is 1. The topological polar surface area (TPSA) is 87.5 Å². The van der Waals surface area contributed by atoms with E-state index in [-0.39, 0.29) is 6.61 Å². The van der Waals surface area contributed by atoms with Gasteiger partial charge in [0.25, 0.3) is 0 Å². The second kappa shape index (κ2) is 10.2. The number of nitrogens with zero attached hydrogens (tertiary/aromatic N) is 3. The monoisotopic (exact) mass is 508 g/mol. The number of hydrogen-bond donors (Lipinski definition) is 1. The molecule has 0 saturated heterocycles. The van der Waals surface area contributed by atoms with Gasteiger partial charge in [-0.15, -0.1) is 5.10 Å². The van der Waals surface area contributed by atoms with E-state index in [9.17, 15) is 4.79 Å². The van der Waals surface area contributed by atoms with Gasteiger partial charge < -0.3 is 19.5 Å². The van der Waals surface area contributed by atoms with Crippen LogP contribution in [0.1, 0.15) is 32.4 Å². The predicted molar refractivity (Wildman–Crippen MR) is 124 cm³/mol. The van der Waals surface area contributed by atoms with E-state index in [1.54, 1.807) is 11.8 Å². The number of carbonyl (C=O) groups excluding carboxylic acids is 1. The Labute approximate surface area is 194 Å². The molecule has 166 valence electrons. The van der Waals surface area contributed by atoms with Crippen LogP contribution in [0.15, 0.2) is 45.7 Å². The first-order valence-electron chi connectivity index (χ1n) is 9.80. The molecule has 1 aliphatic heterocycles. The first kappa shape index (κ1) is 23.2. The van der Waals surface area contributed by atoms with Crippen molar-refractivity contribution in [3.8, 4) is 11.5 Å². The summed E-state index contributed by atoms with van der Waals surface area (Å²) in [5.74, 6) is 2.08. The van der Waals surface area contributed by atoms with Crippen LogP contribution in [0.4, 0.5) is 5.95 Å². The van der Waals surface area contributed by atoms with Gasteiger partial charge in [-0.2, -0.15) is 4.98 Å². The van der Waals surface area contributed by atoms with Crippen molar-refractivity contribution in [1.82, 2.24) is 14.8 Å². The molecule has 1 N–H and O–H groups in total. The molecule has 0 radical (unpaired) electrons. The summed E-state index contributed by atoms with van der Waals surface area (Å²) in [6, 6.07) is 3.18. The minimum Gasteiger partial charge on any atom is -0.493 e. The second-order valence-electron chi connectivity index (χ2n) is 6.52. The Morgan fingerprint density at radius 2 is 2.19 bits per heavy atom. The zero-order valence-corrected chi connectivity index (χ0v) is 20.3. The summed E-state index contributed by atoms with van der Waals surface area (Å²) in [6.45, 7) is 9.98. The lowest BCUT2D eigenvalue weighted by molar-refractivity contribution is -0.138. The third-order valence-corrected chi connectivity index (χ3v) is 5.82. The molecule has 2 heterocycles. The Hall–Kier alpha value is -2.46. The molecule has 0 aliphatic carbocycles. The highest BCUT2D eigenvalue weighted by atomic mass is 79.9. The summed E-state index contributed by atoms with van der Waals surface area (Å²) in [4.78, 5) is 17.6. The number of methoxy groups -OCH3 is 1. The molecule has 3 rings (SSSR count). The van der Waals surface area contributed by atoms with Crippen molar-refractivity contribution in [1.29, 1.82) is 0 Å². The van der Waals surface area contributed by atoms with E-state index in [0.717, 1.165) is 11.3 Å². The summed E-state index contributed by atoms with van der Waals surface area (Å²) in [5, 5.41) is 8.45. The zero-order chi connectivity index (χ0) is 22.5. The summed E-state index contributed by atoms with van der Waals surface area (Å²) in [5.41, 5.74) is 1.86. The summed E-state index contributed by atoms with van der Waals surface area (Å²) in [6.07, 6.45) is 1.53. The summed E-state index contributed by atoms with van der Waals surface area (Å²) >= 11 is 5.10. The average Bonchev–Trinajstić information content (AvgIpc) is 3.14. The van der Waals surface area contributed by atoms with E-state index in [2.05, 4.69) is 37.9 Å². The fourth-order valence-electron chi connectivity index (χ4n) is 3.29. The van der Waals surface area contributed by atoms with Crippen molar-refractivity contribution < 1.29 is 19.0 Å². The number of aromatic nitrogens is 3. The van der Waals surface area contributed by atoms with Gasteiger partial charge >= 0.3 is 5.97 Å². The quantitative estimate of drug-likeness (QED) is 0.299. The molecule has 31 heavy (non-hydrogen) atoms. The van der Waals surface area contributed by atoms with Crippen molar-refractivity contribution in [3.05, 3.63) is 46.1 Å². The van der Waals surface area contributed by atoms with Crippen molar-refractivity contribution in [2.75, 3.05) is 31.4 Å². The van der Waals surface area contributed by atoms with Crippen LogP contribution in [0.3, 0.4) is 0 Å². The maximum Gasteiger partial charge on any atom is 0.338 e. The number of hydrogen-bond acceptors (Lipinski definition) is 8. The number of thioether (sulfide) groups is 1. The third-order valence-electron chi connectivity index (χ3n) is 4.51. The number of esters is 1. The summed E-state index contributed by atoms with van der Waals surface area (Å²) in [7, 11) is 1.58. The van der Waals surface area contributed by atoms with Gasteiger partial charge in [0.05, 0.1) is 23.8 Å². The van der Waals surface area contributed by atoms with Crippen molar-refractivity contribution in [3.63, 3.8) is 0 Å². The van der Waals surface area contributed by atoms with Crippen LogP contribution in [0.25, 0.3) is 0 Å². The number of nitrogens with one attached hydrogen (secondary N) is 1. The van der Waals surface area contributed by atoms with Gasteiger partial charge in [0, 0.05) is 5.70 Å². The van der Waals surface area contributed by atoms with E-state index >= 15 is 0 Å². The second-order valence-corrected chi connectivity index (χ2v) is 8.60. The number of allylic oxidation sites excluding steroid dienone is 1. The number of rotatable bonds is 9. The van der Waals surface area contributed by atoms with Gasteiger partial charge in [-0.25, -0.2) is 9.48 Å². The molecule has 0 fully saturated rings. The number of ether oxygens (including phenoxy) is 3. The maximum atomic E-state index is 13.0. The Bertz CT molecular complexity index is 1020. The lowest BCUT2D eigenvalue weighted by atomic mass is 9.95. The highest BCUT2D eigenvalue weighted by molar-refractivity contribution is 9.10. The molecule has 1 atom stereocenters. The minimum atomic E-state index is -0.562. The van der Waals surface area contributed by atoms with Crippen LogP contribution in [0.5, 0.6) is 11.5 Å². The first-order chi connectivity index (χ1) is 14.9. The molecule has 0 amide bonds. The van der Waals surface area contributed by atoms with Crippen LogP contribution in [-0.2, 0) is 9.53 Å². The van der Waals surface area contributed by atoms with E-state index in [4.69, 9.17) is 14.2 Å². The Morgan fingerprint density at radius 1 is 1.42 bits per heavy atom. The fourth-order valence-corrected chi connectivity index (χ4v) is 4.42. The van der Waals surface area contributed by atoms with Crippen LogP contribution < -0.4 is 14.8 Å². The van der Waals surface area contributed by atoms with E-state index in [0.29, 0.717) is 45.0 Å². The highest BCUT2D eigenvalue weighted by Crippen LogP contribution is 2.43. The van der Waals surface area contributed by atoms with Gasteiger partial charge in [-0.05, 0) is 53.2 Å². The fraction of sp³-hybridized carbons (Fsp3) is 0.381. The van der Waals surface area contributed by atoms with Crippen molar-refractivity contribution in [2.24, 2.45) is 0 Å². The first-order valence-corrected chi connectivity index (χ1v) is 11.6. The number of fused-ring (bicyclic) bond motifs is 1. The normalized spacial score (nSPS) is 15.2. The van der Waals surface area contributed by atoms with E-state index in [1.807, 2.05) is 32.9 Å². The molecule has 8 nitrogen and oxygen atoms in total. The zero-order valence-electron chi connectivity index (χ0n) is 17.9. The van der Waals surface area contributed by atoms with Crippen LogP contribution in [-0.4, -0.2) is 46.8 Å². The SMILES string of the molecule is C=CCOC(=O)C1=C(C)Nc2nc(SCC)nn2C1c1cc(Br)c(OCC)c(OC)c1. The average molecular weight is 509 g/mol. The Balaban J connectivity index is 2.18. The minimum absolute atomic E-state index is 0.111. The Kier molecular flexibility index (Phi) is 7.66. The predicted octanol–water partition coefficient (Wildman–Crippen LogP) is 4.58. The lowest BCUT2D eigenvalue weighted by Gasteiger charge is -2.28. The highest BCUT2D eigenvalue weighted by Gasteiger charge is 2.36. The van der Waals surface area contributed by atoms with E-state index in [1.165, 1.54) is 17.8 Å². The molecule has 0 saturated carbocycles. The van der Waals surface area contributed by atoms with Gasteiger partial charge in [0.15, 0.2) is 11.5 Å². The number of halogens is 1. The lowest BCUT2D eigenvalue weighted by Crippen LogP contribution is -2.29. The van der Waals surface area contributed by atoms with Crippen LogP contribution in [0.2, 0.25) is 0 Å². The molecule has 1 aromatic heterocycles. The van der Waals surface area contributed by atoms with Crippen LogP contribution in [0, 0.1) is 0 Å². The molecule has 0 spiro atoms. The molecule has 10 heteroatoms. The van der Waals surface area contributed by atoms with Gasteiger partial charge in [0.2, 0.25) is 11.1 Å². The van der Waals surface area contributed by atoms with Gasteiger partial charge in [-0.3, -0.25) is 0 Å². The molecular formula is C21H25BrN4O4S. The molecule has 2 aromatic rings. The molecular weight excluding hydrogens is 484 g/mol. The summed E-state index contributed by atoms with van der Waals surface area (Å²) < 4.78 is 19.1. The number of benzene rings is 1. The standard InChI is InChI=1S/C21H25BrN4O4S/c1-6-9-30-19(27)16-12(4)23-20-24-21(31-8-3)25-26(20)17(16)13-10-14(22)18(29-7-2)15(11-13)28-5/h6,10-11,17H,1,7-9H2,2-5H3,(H,23,24,25). The van der Waals surface area contributed by atoms with Crippen molar-refractivity contribution in [2.45, 2.75) is 32.0 Å². The van der Waals surface area contributed by atoms with E-state index < -0.39 is 12.0 Å². The molecule has 0 bridgehead atoms. The maximum absolute atomic E-state index is 13.0. The molecule has 1 aromatic carbocycles. The Morgan fingerprint density at radius 3 is 2.84 bits per heavy atom. The van der Waals surface area contributed by atoms with Crippen LogP contribution >= 0.6 is 27.7 Å². The van der Waals surface area contributed by atoms with Gasteiger partial charge in [-0.1, -0.05) is 31.3 Å². The van der Waals surface area contributed by atoms with Gasteiger partial charge in [0.1, 0.15) is 12.6 Å².